The van der Waals surface area contributed by atoms with Gasteiger partial charge in [0, 0.05) is 0 Å². The summed E-state index contributed by atoms with van der Waals surface area (Å²) >= 11 is 0. The predicted molar refractivity (Wildman–Crippen MR) is 76.4 cm³/mol. The van der Waals surface area contributed by atoms with Crippen molar-refractivity contribution in [3.8, 4) is 0 Å². The van der Waals surface area contributed by atoms with Crippen molar-refractivity contribution in [1.82, 2.24) is 0 Å². The van der Waals surface area contributed by atoms with Gasteiger partial charge >= 0.3 is 0 Å². The summed E-state index contributed by atoms with van der Waals surface area (Å²) in [5.41, 5.74) is 0.928. The minimum atomic E-state index is -0.582. The van der Waals surface area contributed by atoms with Crippen LogP contribution in [0.2, 0.25) is 0 Å². The lowest BCUT2D eigenvalue weighted by Gasteiger charge is -2.42. The summed E-state index contributed by atoms with van der Waals surface area (Å²) in [6, 6.07) is 10.2. The van der Waals surface area contributed by atoms with Gasteiger partial charge in [0.25, 0.3) is 0 Å². The molecular formula is C17H26O. The minimum Gasteiger partial charge on any atom is -0.385 e. The largest absolute Gasteiger partial charge is 0.385 e. The van der Waals surface area contributed by atoms with Crippen LogP contribution in [0.15, 0.2) is 30.3 Å². The Morgan fingerprint density at radius 1 is 1.17 bits per heavy atom. The lowest BCUT2D eigenvalue weighted by Crippen LogP contribution is -2.36. The quantitative estimate of drug-likeness (QED) is 0.832. The average molecular weight is 246 g/mol. The van der Waals surface area contributed by atoms with Crippen LogP contribution in [0.25, 0.3) is 0 Å². The van der Waals surface area contributed by atoms with Crippen LogP contribution in [-0.2, 0) is 5.60 Å². The molecule has 0 radical (unpaired) electrons. The van der Waals surface area contributed by atoms with E-state index in [0.717, 1.165) is 37.2 Å². The van der Waals surface area contributed by atoms with Gasteiger partial charge in [0.1, 0.15) is 0 Å². The second-order valence-corrected chi connectivity index (χ2v) is 6.51. The van der Waals surface area contributed by atoms with E-state index >= 15 is 0 Å². The molecule has 1 nitrogen and oxygen atoms in total. The van der Waals surface area contributed by atoms with Crippen LogP contribution in [0, 0.1) is 11.3 Å². The molecular weight excluding hydrogens is 220 g/mol. The monoisotopic (exact) mass is 246 g/mol. The maximum Gasteiger partial charge on any atom is 0.0896 e. The summed E-state index contributed by atoms with van der Waals surface area (Å²) in [6.07, 6.45) is 5.33. The van der Waals surface area contributed by atoms with E-state index in [9.17, 15) is 5.11 Å². The molecule has 100 valence electrons. The molecule has 18 heavy (non-hydrogen) atoms. The molecule has 0 aliphatic heterocycles. The highest BCUT2D eigenvalue weighted by Gasteiger charge is 2.39. The van der Waals surface area contributed by atoms with Gasteiger partial charge in [0.15, 0.2) is 0 Å². The zero-order chi connectivity index (χ0) is 13.2. The van der Waals surface area contributed by atoms with E-state index in [1.54, 1.807) is 0 Å². The van der Waals surface area contributed by atoms with Gasteiger partial charge in [-0.2, -0.15) is 0 Å². The zero-order valence-corrected chi connectivity index (χ0v) is 11.9. The minimum absolute atomic E-state index is 0.415. The molecule has 1 saturated carbocycles. The average Bonchev–Trinajstić information content (AvgIpc) is 2.40. The lowest BCUT2D eigenvalue weighted by atomic mass is 9.65. The van der Waals surface area contributed by atoms with Crippen LogP contribution in [0.5, 0.6) is 0 Å². The third-order valence-electron chi connectivity index (χ3n) is 5.14. The van der Waals surface area contributed by atoms with Crippen molar-refractivity contribution in [2.75, 3.05) is 0 Å². The van der Waals surface area contributed by atoms with Crippen molar-refractivity contribution in [3.63, 3.8) is 0 Å². The van der Waals surface area contributed by atoms with E-state index in [-0.39, 0.29) is 0 Å². The highest BCUT2D eigenvalue weighted by molar-refractivity contribution is 5.22. The molecule has 1 aliphatic carbocycles. The van der Waals surface area contributed by atoms with E-state index in [4.69, 9.17) is 0 Å². The van der Waals surface area contributed by atoms with Crippen molar-refractivity contribution in [1.29, 1.82) is 0 Å². The Labute approximate surface area is 111 Å². The van der Waals surface area contributed by atoms with Gasteiger partial charge in [-0.15, -0.1) is 0 Å². The molecule has 1 N–H and O–H groups in total. The topological polar surface area (TPSA) is 20.2 Å². The van der Waals surface area contributed by atoms with Crippen LogP contribution < -0.4 is 0 Å². The van der Waals surface area contributed by atoms with E-state index in [1.165, 1.54) is 6.42 Å². The summed E-state index contributed by atoms with van der Waals surface area (Å²) in [5.74, 6) is 0.756. The molecule has 0 heterocycles. The van der Waals surface area contributed by atoms with Gasteiger partial charge in [0.05, 0.1) is 5.60 Å². The maximum absolute atomic E-state index is 10.8. The van der Waals surface area contributed by atoms with Crippen molar-refractivity contribution in [3.05, 3.63) is 35.9 Å². The molecule has 0 unspecified atom stereocenters. The van der Waals surface area contributed by atoms with Crippen LogP contribution >= 0.6 is 0 Å². The van der Waals surface area contributed by atoms with Crippen molar-refractivity contribution in [2.45, 2.75) is 58.5 Å². The van der Waals surface area contributed by atoms with Gasteiger partial charge in [-0.3, -0.25) is 0 Å². The van der Waals surface area contributed by atoms with Crippen LogP contribution in [0.1, 0.15) is 58.4 Å². The number of hydrogen-bond donors (Lipinski definition) is 1. The van der Waals surface area contributed by atoms with Crippen LogP contribution in [0.4, 0.5) is 0 Å². The molecule has 1 aromatic rings. The van der Waals surface area contributed by atoms with Gasteiger partial charge in [0.2, 0.25) is 0 Å². The molecule has 0 aromatic heterocycles. The highest BCUT2D eigenvalue weighted by Crippen LogP contribution is 2.46. The van der Waals surface area contributed by atoms with E-state index < -0.39 is 5.60 Å². The van der Waals surface area contributed by atoms with Gasteiger partial charge in [-0.25, -0.2) is 0 Å². The Morgan fingerprint density at radius 2 is 1.72 bits per heavy atom. The Hall–Kier alpha value is -0.820. The van der Waals surface area contributed by atoms with Crippen LogP contribution in [-0.4, -0.2) is 5.11 Å². The predicted octanol–water partition coefficient (Wildman–Crippen LogP) is 4.50. The van der Waals surface area contributed by atoms with E-state index in [2.05, 4.69) is 32.9 Å². The summed E-state index contributed by atoms with van der Waals surface area (Å²) in [6.45, 7) is 7.01. The molecule has 0 bridgehead atoms. The number of hydrogen-bond acceptors (Lipinski definition) is 1. The number of benzene rings is 1. The first-order valence-corrected chi connectivity index (χ1v) is 7.26. The fourth-order valence-corrected chi connectivity index (χ4v) is 3.20. The second-order valence-electron chi connectivity index (χ2n) is 6.51. The number of rotatable bonds is 3. The van der Waals surface area contributed by atoms with Crippen LogP contribution in [0.3, 0.4) is 0 Å². The SMILES string of the molecule is CCC(C)(C)C1CCC(O)(c2ccccc2)CC1. The third kappa shape index (κ3) is 2.61. The zero-order valence-electron chi connectivity index (χ0n) is 11.9. The molecule has 1 fully saturated rings. The lowest BCUT2D eigenvalue weighted by molar-refractivity contribution is -0.0328. The summed E-state index contributed by atoms with van der Waals surface area (Å²) in [7, 11) is 0. The first kappa shape index (κ1) is 13.6. The molecule has 0 amide bonds. The van der Waals surface area contributed by atoms with Gasteiger partial charge < -0.3 is 5.11 Å². The molecule has 1 heteroatoms. The molecule has 1 aromatic carbocycles. The third-order valence-corrected chi connectivity index (χ3v) is 5.14. The molecule has 0 saturated heterocycles. The van der Waals surface area contributed by atoms with Gasteiger partial charge in [-0.1, -0.05) is 57.5 Å². The van der Waals surface area contributed by atoms with E-state index in [1.807, 2.05) is 18.2 Å². The standard InChI is InChI=1S/C17H26O/c1-4-16(2,3)14-10-12-17(18,13-11-14)15-8-6-5-7-9-15/h5-9,14,18H,4,10-13H2,1-3H3. The van der Waals surface area contributed by atoms with Gasteiger partial charge in [-0.05, 0) is 42.6 Å². The Kier molecular flexibility index (Phi) is 3.82. The van der Waals surface area contributed by atoms with Crippen molar-refractivity contribution >= 4 is 0 Å². The fraction of sp³-hybridized carbons (Fsp3) is 0.647. The Balaban J connectivity index is 2.06. The Bertz CT molecular complexity index is 372. The summed E-state index contributed by atoms with van der Waals surface area (Å²) in [4.78, 5) is 0. The highest BCUT2D eigenvalue weighted by atomic mass is 16.3. The summed E-state index contributed by atoms with van der Waals surface area (Å²) in [5, 5.41) is 10.8. The molecule has 0 spiro atoms. The second kappa shape index (κ2) is 5.05. The molecule has 0 atom stereocenters. The summed E-state index contributed by atoms with van der Waals surface area (Å²) < 4.78 is 0. The molecule has 2 rings (SSSR count). The fourth-order valence-electron chi connectivity index (χ4n) is 3.20. The smallest absolute Gasteiger partial charge is 0.0896 e. The normalized spacial score (nSPS) is 29.2. The van der Waals surface area contributed by atoms with E-state index in [0.29, 0.717) is 5.41 Å². The van der Waals surface area contributed by atoms with Crippen molar-refractivity contribution < 1.29 is 5.11 Å². The first-order chi connectivity index (χ1) is 8.48. The number of aliphatic hydroxyl groups is 1. The Morgan fingerprint density at radius 3 is 2.22 bits per heavy atom. The van der Waals surface area contributed by atoms with Crippen molar-refractivity contribution in [2.24, 2.45) is 11.3 Å². The first-order valence-electron chi connectivity index (χ1n) is 7.26. The maximum atomic E-state index is 10.8. The molecule has 1 aliphatic rings.